The number of carbonyl (C=O) groups is 1. The number of fused-ring (bicyclic) bond motifs is 1. The van der Waals surface area contributed by atoms with Crippen LogP contribution >= 0.6 is 11.8 Å². The standard InChI is InChI=1S/C19H14FN3OS/c1-23-11-12(15-4-2-3-5-16(15)23)10-17-18(24)22-19(25-17)21-14-8-6-13(20)7-9-14/h2-11H,1H3,(H,21,22,24). The molecule has 0 spiro atoms. The topological polar surface area (TPSA) is 46.4 Å². The van der Waals surface area contributed by atoms with E-state index in [1.54, 1.807) is 12.1 Å². The third kappa shape index (κ3) is 3.08. The maximum absolute atomic E-state index is 13.0. The van der Waals surface area contributed by atoms with Crippen molar-refractivity contribution in [2.45, 2.75) is 0 Å². The van der Waals surface area contributed by atoms with Gasteiger partial charge in [0.25, 0.3) is 5.91 Å². The van der Waals surface area contributed by atoms with Crippen molar-refractivity contribution in [3.8, 4) is 0 Å². The van der Waals surface area contributed by atoms with Crippen molar-refractivity contribution in [2.75, 3.05) is 0 Å². The van der Waals surface area contributed by atoms with Crippen molar-refractivity contribution in [1.82, 2.24) is 9.88 Å². The van der Waals surface area contributed by atoms with E-state index in [1.807, 2.05) is 48.2 Å². The van der Waals surface area contributed by atoms with Gasteiger partial charge in [0.05, 0.1) is 10.6 Å². The molecule has 1 N–H and O–H groups in total. The van der Waals surface area contributed by atoms with Crippen LogP contribution in [0.4, 0.5) is 10.1 Å². The average molecular weight is 351 g/mol. The minimum atomic E-state index is -0.316. The summed E-state index contributed by atoms with van der Waals surface area (Å²) in [5.41, 5.74) is 2.69. The summed E-state index contributed by atoms with van der Waals surface area (Å²) in [6, 6.07) is 13.9. The Kier molecular flexibility index (Phi) is 3.89. The molecule has 0 atom stereocenters. The molecule has 6 heteroatoms. The maximum Gasteiger partial charge on any atom is 0.264 e. The number of aryl methyl sites for hydroxylation is 1. The smallest absolute Gasteiger partial charge is 0.264 e. The fourth-order valence-corrected chi connectivity index (χ4v) is 3.58. The molecule has 1 aromatic heterocycles. The summed E-state index contributed by atoms with van der Waals surface area (Å²) < 4.78 is 15.0. The van der Waals surface area contributed by atoms with Gasteiger partial charge in [-0.25, -0.2) is 9.38 Å². The number of halogens is 1. The molecular weight excluding hydrogens is 337 g/mol. The van der Waals surface area contributed by atoms with Gasteiger partial charge in [0.1, 0.15) is 5.82 Å². The molecule has 0 saturated carbocycles. The van der Waals surface area contributed by atoms with Gasteiger partial charge in [-0.15, -0.1) is 0 Å². The molecule has 1 aliphatic heterocycles. The van der Waals surface area contributed by atoms with Gasteiger partial charge in [0.2, 0.25) is 0 Å². The van der Waals surface area contributed by atoms with Gasteiger partial charge in [-0.3, -0.25) is 4.79 Å². The predicted molar refractivity (Wildman–Crippen MR) is 100 cm³/mol. The van der Waals surface area contributed by atoms with Crippen molar-refractivity contribution in [3.05, 3.63) is 71.0 Å². The van der Waals surface area contributed by atoms with E-state index in [9.17, 15) is 9.18 Å². The molecule has 0 radical (unpaired) electrons. The van der Waals surface area contributed by atoms with Crippen molar-refractivity contribution in [1.29, 1.82) is 0 Å². The SMILES string of the molecule is Cn1cc(C=C2SC(=Nc3ccc(F)cc3)NC2=O)c2ccccc21. The summed E-state index contributed by atoms with van der Waals surface area (Å²) in [4.78, 5) is 17.2. The number of benzene rings is 2. The van der Waals surface area contributed by atoms with Crippen molar-refractivity contribution < 1.29 is 9.18 Å². The summed E-state index contributed by atoms with van der Waals surface area (Å²) >= 11 is 1.28. The van der Waals surface area contributed by atoms with Crippen LogP contribution in [0.5, 0.6) is 0 Å². The molecule has 2 aromatic carbocycles. The van der Waals surface area contributed by atoms with Gasteiger partial charge in [-0.1, -0.05) is 18.2 Å². The van der Waals surface area contributed by atoms with Gasteiger partial charge in [0, 0.05) is 29.7 Å². The van der Waals surface area contributed by atoms with Crippen molar-refractivity contribution in [2.24, 2.45) is 12.0 Å². The van der Waals surface area contributed by atoms with Crippen LogP contribution in [0.3, 0.4) is 0 Å². The fraction of sp³-hybridized carbons (Fsp3) is 0.0526. The van der Waals surface area contributed by atoms with E-state index in [2.05, 4.69) is 10.3 Å². The van der Waals surface area contributed by atoms with E-state index in [0.717, 1.165) is 16.5 Å². The minimum absolute atomic E-state index is 0.182. The summed E-state index contributed by atoms with van der Waals surface area (Å²) in [5, 5.41) is 4.33. The highest BCUT2D eigenvalue weighted by molar-refractivity contribution is 8.18. The van der Waals surface area contributed by atoms with Crippen molar-refractivity contribution >= 4 is 45.5 Å². The highest BCUT2D eigenvalue weighted by Crippen LogP contribution is 2.30. The zero-order chi connectivity index (χ0) is 17.4. The zero-order valence-corrected chi connectivity index (χ0v) is 14.2. The number of nitrogens with one attached hydrogen (secondary N) is 1. The number of para-hydroxylation sites is 1. The Morgan fingerprint density at radius 2 is 1.92 bits per heavy atom. The van der Waals surface area contributed by atoms with Crippen LogP contribution in [0.15, 0.2) is 64.6 Å². The lowest BCUT2D eigenvalue weighted by molar-refractivity contribution is -0.115. The molecule has 1 fully saturated rings. The fourth-order valence-electron chi connectivity index (χ4n) is 2.74. The summed E-state index contributed by atoms with van der Waals surface area (Å²) in [5.74, 6) is -0.498. The van der Waals surface area contributed by atoms with E-state index in [-0.39, 0.29) is 11.7 Å². The Bertz CT molecular complexity index is 1030. The highest BCUT2D eigenvalue weighted by atomic mass is 32.2. The number of amides is 1. The molecule has 2 heterocycles. The first-order valence-electron chi connectivity index (χ1n) is 7.69. The van der Waals surface area contributed by atoms with Crippen LogP contribution in [0, 0.1) is 5.82 Å². The second-order valence-corrected chi connectivity index (χ2v) is 6.70. The first-order valence-corrected chi connectivity index (χ1v) is 8.51. The van der Waals surface area contributed by atoms with Crippen LogP contribution in [0.2, 0.25) is 0 Å². The number of amidine groups is 1. The van der Waals surface area contributed by atoms with E-state index in [0.29, 0.717) is 15.8 Å². The number of nitrogens with zero attached hydrogens (tertiary/aromatic N) is 2. The van der Waals surface area contributed by atoms with Crippen LogP contribution in [0.1, 0.15) is 5.56 Å². The predicted octanol–water partition coefficient (Wildman–Crippen LogP) is 4.21. The number of aliphatic imine (C=N–C) groups is 1. The highest BCUT2D eigenvalue weighted by Gasteiger charge is 2.24. The Balaban J connectivity index is 1.66. The molecule has 0 bridgehead atoms. The quantitative estimate of drug-likeness (QED) is 0.703. The Morgan fingerprint density at radius 1 is 1.16 bits per heavy atom. The molecule has 1 saturated heterocycles. The molecule has 1 amide bonds. The lowest BCUT2D eigenvalue weighted by Gasteiger charge is -1.95. The van der Waals surface area contributed by atoms with E-state index in [1.165, 1.54) is 23.9 Å². The average Bonchev–Trinajstić information content (AvgIpc) is 3.11. The molecule has 4 rings (SSSR count). The van der Waals surface area contributed by atoms with E-state index < -0.39 is 0 Å². The Labute approximate surface area is 148 Å². The number of rotatable bonds is 2. The molecule has 124 valence electrons. The second-order valence-electron chi connectivity index (χ2n) is 5.67. The third-order valence-electron chi connectivity index (χ3n) is 3.92. The Hall–Kier alpha value is -2.86. The Morgan fingerprint density at radius 3 is 2.72 bits per heavy atom. The largest absolute Gasteiger partial charge is 0.350 e. The minimum Gasteiger partial charge on any atom is -0.350 e. The van der Waals surface area contributed by atoms with Crippen LogP contribution in [-0.2, 0) is 11.8 Å². The van der Waals surface area contributed by atoms with Crippen LogP contribution in [-0.4, -0.2) is 15.6 Å². The first kappa shape index (κ1) is 15.7. The summed E-state index contributed by atoms with van der Waals surface area (Å²) in [6.45, 7) is 0. The number of hydrogen-bond acceptors (Lipinski definition) is 3. The lowest BCUT2D eigenvalue weighted by atomic mass is 10.1. The summed E-state index contributed by atoms with van der Waals surface area (Å²) in [6.07, 6.45) is 3.87. The molecule has 3 aromatic rings. The lowest BCUT2D eigenvalue weighted by Crippen LogP contribution is -2.19. The van der Waals surface area contributed by atoms with Gasteiger partial charge in [-0.2, -0.15) is 0 Å². The van der Waals surface area contributed by atoms with E-state index in [4.69, 9.17) is 0 Å². The number of thioether (sulfide) groups is 1. The van der Waals surface area contributed by atoms with Crippen LogP contribution in [0.25, 0.3) is 17.0 Å². The summed E-state index contributed by atoms with van der Waals surface area (Å²) in [7, 11) is 1.98. The van der Waals surface area contributed by atoms with Gasteiger partial charge < -0.3 is 9.88 Å². The monoisotopic (exact) mass is 351 g/mol. The maximum atomic E-state index is 13.0. The molecule has 4 nitrogen and oxygen atoms in total. The number of aromatic nitrogens is 1. The van der Waals surface area contributed by atoms with Crippen molar-refractivity contribution in [3.63, 3.8) is 0 Å². The molecule has 0 unspecified atom stereocenters. The van der Waals surface area contributed by atoms with Gasteiger partial charge in [0.15, 0.2) is 5.17 Å². The van der Waals surface area contributed by atoms with E-state index >= 15 is 0 Å². The molecule has 0 aliphatic carbocycles. The molecule has 25 heavy (non-hydrogen) atoms. The van der Waals surface area contributed by atoms with Gasteiger partial charge >= 0.3 is 0 Å². The molecule has 1 aliphatic rings. The molecular formula is C19H14FN3OS. The third-order valence-corrected chi connectivity index (χ3v) is 4.83. The second kappa shape index (κ2) is 6.22. The number of carbonyl (C=O) groups excluding carboxylic acids is 1. The number of hydrogen-bond donors (Lipinski definition) is 1. The first-order chi connectivity index (χ1) is 12.1. The zero-order valence-electron chi connectivity index (χ0n) is 13.4. The van der Waals surface area contributed by atoms with Crippen LogP contribution < -0.4 is 5.32 Å². The van der Waals surface area contributed by atoms with Gasteiger partial charge in [-0.05, 0) is 48.2 Å². The normalized spacial score (nSPS) is 17.6.